The summed E-state index contributed by atoms with van der Waals surface area (Å²) in [5.41, 5.74) is 0.892. The maximum Gasteiger partial charge on any atom is 0.416 e. The lowest BCUT2D eigenvalue weighted by molar-refractivity contribution is -0.137. The molecule has 0 fully saturated rings. The Kier molecular flexibility index (Phi) is 3.59. The molecule has 108 valence electrons. The van der Waals surface area contributed by atoms with Gasteiger partial charge in [0.1, 0.15) is 0 Å². The van der Waals surface area contributed by atoms with E-state index in [4.69, 9.17) is 0 Å². The fourth-order valence-corrected chi connectivity index (χ4v) is 2.91. The van der Waals surface area contributed by atoms with E-state index in [1.807, 2.05) is 29.6 Å². The molecule has 0 radical (unpaired) electrons. The molecule has 0 aliphatic heterocycles. The molecule has 3 aromatic rings. The molecule has 1 aromatic heterocycles. The molecule has 1 nitrogen and oxygen atoms in total. The Morgan fingerprint density at radius 1 is 1.00 bits per heavy atom. The van der Waals surface area contributed by atoms with Crippen LogP contribution in [0.5, 0.6) is 0 Å². The molecule has 2 aromatic carbocycles. The van der Waals surface area contributed by atoms with E-state index < -0.39 is 11.7 Å². The SMILES string of the molecule is FC(F)(F)c1cccc(CNc2ccc3sccc3c2)c1. The van der Waals surface area contributed by atoms with Gasteiger partial charge in [-0.15, -0.1) is 11.3 Å². The summed E-state index contributed by atoms with van der Waals surface area (Å²) in [6, 6.07) is 13.3. The van der Waals surface area contributed by atoms with Crippen molar-refractivity contribution in [2.75, 3.05) is 5.32 Å². The summed E-state index contributed by atoms with van der Waals surface area (Å²) in [7, 11) is 0. The van der Waals surface area contributed by atoms with Gasteiger partial charge in [-0.25, -0.2) is 0 Å². The van der Waals surface area contributed by atoms with Crippen LogP contribution in [0, 0.1) is 0 Å². The van der Waals surface area contributed by atoms with Crippen LogP contribution in [-0.4, -0.2) is 0 Å². The van der Waals surface area contributed by atoms with Crippen molar-refractivity contribution in [1.29, 1.82) is 0 Å². The lowest BCUT2D eigenvalue weighted by atomic mass is 10.1. The van der Waals surface area contributed by atoms with E-state index in [1.165, 1.54) is 16.8 Å². The van der Waals surface area contributed by atoms with E-state index in [0.717, 1.165) is 17.1 Å². The van der Waals surface area contributed by atoms with Crippen LogP contribution in [0.3, 0.4) is 0 Å². The summed E-state index contributed by atoms with van der Waals surface area (Å²) < 4.78 is 39.1. The van der Waals surface area contributed by atoms with Gasteiger partial charge in [0.25, 0.3) is 0 Å². The van der Waals surface area contributed by atoms with Gasteiger partial charge in [-0.05, 0) is 52.7 Å². The Morgan fingerprint density at radius 2 is 1.86 bits per heavy atom. The smallest absolute Gasteiger partial charge is 0.381 e. The molecule has 1 N–H and O–H groups in total. The van der Waals surface area contributed by atoms with Gasteiger partial charge in [0.15, 0.2) is 0 Å². The zero-order valence-corrected chi connectivity index (χ0v) is 11.8. The quantitative estimate of drug-likeness (QED) is 0.670. The summed E-state index contributed by atoms with van der Waals surface area (Å²) in [4.78, 5) is 0. The van der Waals surface area contributed by atoms with Crippen LogP contribution in [0.1, 0.15) is 11.1 Å². The zero-order valence-electron chi connectivity index (χ0n) is 10.9. The molecule has 3 rings (SSSR count). The maximum atomic E-state index is 12.7. The number of rotatable bonds is 3. The van der Waals surface area contributed by atoms with Crippen molar-refractivity contribution in [3.63, 3.8) is 0 Å². The highest BCUT2D eigenvalue weighted by Crippen LogP contribution is 2.30. The lowest BCUT2D eigenvalue weighted by Crippen LogP contribution is -2.06. The van der Waals surface area contributed by atoms with Crippen LogP contribution in [0.2, 0.25) is 0 Å². The first-order valence-electron chi connectivity index (χ1n) is 6.40. The van der Waals surface area contributed by atoms with Gasteiger partial charge in [0.05, 0.1) is 5.56 Å². The highest BCUT2D eigenvalue weighted by molar-refractivity contribution is 7.17. The van der Waals surface area contributed by atoms with Gasteiger partial charge in [-0.2, -0.15) is 13.2 Å². The van der Waals surface area contributed by atoms with E-state index >= 15 is 0 Å². The lowest BCUT2D eigenvalue weighted by Gasteiger charge is -2.10. The highest BCUT2D eigenvalue weighted by Gasteiger charge is 2.30. The third kappa shape index (κ3) is 3.19. The molecule has 0 atom stereocenters. The average Bonchev–Trinajstić information content (AvgIpc) is 2.92. The predicted octanol–water partition coefficient (Wildman–Crippen LogP) is 5.53. The largest absolute Gasteiger partial charge is 0.416 e. The number of thiophene rings is 1. The topological polar surface area (TPSA) is 12.0 Å². The number of benzene rings is 2. The predicted molar refractivity (Wildman–Crippen MR) is 80.6 cm³/mol. The van der Waals surface area contributed by atoms with Crippen molar-refractivity contribution in [3.8, 4) is 0 Å². The molecule has 0 aliphatic carbocycles. The van der Waals surface area contributed by atoms with Crippen molar-refractivity contribution in [1.82, 2.24) is 0 Å². The summed E-state index contributed by atoms with van der Waals surface area (Å²) in [6.07, 6.45) is -4.30. The van der Waals surface area contributed by atoms with E-state index in [9.17, 15) is 13.2 Å². The Morgan fingerprint density at radius 3 is 2.67 bits per heavy atom. The third-order valence-electron chi connectivity index (χ3n) is 3.20. The second-order valence-electron chi connectivity index (χ2n) is 4.72. The summed E-state index contributed by atoms with van der Waals surface area (Å²) >= 11 is 1.66. The molecule has 5 heteroatoms. The number of nitrogens with one attached hydrogen (secondary N) is 1. The molecule has 0 spiro atoms. The second kappa shape index (κ2) is 5.41. The van der Waals surface area contributed by atoms with Crippen molar-refractivity contribution in [2.45, 2.75) is 12.7 Å². The van der Waals surface area contributed by atoms with Crippen LogP contribution in [0.4, 0.5) is 18.9 Å². The number of alkyl halides is 3. The van der Waals surface area contributed by atoms with Crippen LogP contribution in [0.15, 0.2) is 53.9 Å². The normalized spacial score (nSPS) is 11.8. The Balaban J connectivity index is 1.75. The van der Waals surface area contributed by atoms with Gasteiger partial charge in [0.2, 0.25) is 0 Å². The molecule has 1 heterocycles. The van der Waals surface area contributed by atoms with E-state index in [2.05, 4.69) is 5.32 Å². The summed E-state index contributed by atoms with van der Waals surface area (Å²) in [6.45, 7) is 0.361. The van der Waals surface area contributed by atoms with E-state index in [-0.39, 0.29) is 0 Å². The van der Waals surface area contributed by atoms with E-state index in [1.54, 1.807) is 17.4 Å². The fourth-order valence-electron chi connectivity index (χ4n) is 2.14. The van der Waals surface area contributed by atoms with Crippen LogP contribution >= 0.6 is 11.3 Å². The molecule has 21 heavy (non-hydrogen) atoms. The average molecular weight is 307 g/mol. The number of anilines is 1. The Hall–Kier alpha value is -2.01. The van der Waals surface area contributed by atoms with Gasteiger partial charge in [0, 0.05) is 16.9 Å². The minimum atomic E-state index is -4.30. The second-order valence-corrected chi connectivity index (χ2v) is 5.67. The summed E-state index contributed by atoms with van der Waals surface area (Å²) in [5.74, 6) is 0. The molecule has 0 saturated heterocycles. The molecule has 0 unspecified atom stereocenters. The zero-order chi connectivity index (χ0) is 14.9. The minimum absolute atomic E-state index is 0.361. The van der Waals surface area contributed by atoms with Crippen molar-refractivity contribution in [3.05, 3.63) is 65.0 Å². The number of fused-ring (bicyclic) bond motifs is 1. The fraction of sp³-hybridized carbons (Fsp3) is 0.125. The van der Waals surface area contributed by atoms with Gasteiger partial charge >= 0.3 is 6.18 Å². The van der Waals surface area contributed by atoms with E-state index in [0.29, 0.717) is 12.1 Å². The van der Waals surface area contributed by atoms with Crippen molar-refractivity contribution in [2.24, 2.45) is 0 Å². The summed E-state index contributed by atoms with van der Waals surface area (Å²) in [5, 5.41) is 6.31. The standard InChI is InChI=1S/C16H12F3NS/c17-16(18,19)13-3-1-2-11(8-13)10-20-14-4-5-15-12(9-14)6-7-21-15/h1-9,20H,10H2. The van der Waals surface area contributed by atoms with Crippen LogP contribution in [0.25, 0.3) is 10.1 Å². The monoisotopic (exact) mass is 307 g/mol. The van der Waals surface area contributed by atoms with Gasteiger partial charge < -0.3 is 5.32 Å². The highest BCUT2D eigenvalue weighted by atomic mass is 32.1. The first kappa shape index (κ1) is 13.9. The van der Waals surface area contributed by atoms with Crippen molar-refractivity contribution < 1.29 is 13.2 Å². The molecule has 0 saturated carbocycles. The Labute approximate surface area is 124 Å². The number of halogens is 3. The first-order valence-corrected chi connectivity index (χ1v) is 7.27. The van der Waals surface area contributed by atoms with Gasteiger partial charge in [-0.1, -0.05) is 12.1 Å². The number of hydrogen-bond donors (Lipinski definition) is 1. The van der Waals surface area contributed by atoms with Crippen molar-refractivity contribution >= 4 is 27.1 Å². The molecular weight excluding hydrogens is 295 g/mol. The molecular formula is C16H12F3NS. The Bertz CT molecular complexity index is 761. The third-order valence-corrected chi connectivity index (χ3v) is 4.10. The van der Waals surface area contributed by atoms with Crippen LogP contribution < -0.4 is 5.32 Å². The number of hydrogen-bond acceptors (Lipinski definition) is 2. The molecule has 0 amide bonds. The maximum absolute atomic E-state index is 12.7. The van der Waals surface area contributed by atoms with Gasteiger partial charge in [-0.3, -0.25) is 0 Å². The molecule has 0 bridgehead atoms. The molecule has 0 aliphatic rings. The van der Waals surface area contributed by atoms with Crippen LogP contribution in [-0.2, 0) is 12.7 Å². The minimum Gasteiger partial charge on any atom is -0.381 e. The first-order chi connectivity index (χ1) is 10.0.